The topological polar surface area (TPSA) is 35.5 Å². The second-order valence-electron chi connectivity index (χ2n) is 4.74. The molecule has 18 heavy (non-hydrogen) atoms. The lowest BCUT2D eigenvalue weighted by molar-refractivity contribution is -0.0170. The average molecular weight is 258 g/mol. The Morgan fingerprint density at radius 3 is 2.17 bits per heavy atom. The van der Waals surface area contributed by atoms with E-state index in [1.807, 2.05) is 20.8 Å². The molecule has 0 saturated heterocycles. The smallest absolute Gasteiger partial charge is 0.190 e. The number of carbonyl (C=O) groups is 1. The minimum Gasteiger partial charge on any atom is -0.485 e. The number of hydrogen-bond donors (Lipinski definition) is 0. The molecule has 0 aromatic heterocycles. The number of benzene rings is 1. The van der Waals surface area contributed by atoms with Crippen molar-refractivity contribution in [2.45, 2.75) is 26.4 Å². The van der Waals surface area contributed by atoms with Gasteiger partial charge >= 0.3 is 0 Å². The Morgan fingerprint density at radius 1 is 1.17 bits per heavy atom. The molecule has 100 valence electrons. The van der Waals surface area contributed by atoms with E-state index < -0.39 is 17.4 Å². The van der Waals surface area contributed by atoms with Crippen molar-refractivity contribution in [2.75, 3.05) is 13.2 Å². The maximum absolute atomic E-state index is 13.4. The second-order valence-corrected chi connectivity index (χ2v) is 4.74. The second kappa shape index (κ2) is 5.91. The van der Waals surface area contributed by atoms with Crippen LogP contribution in [0.25, 0.3) is 0 Å². The summed E-state index contributed by atoms with van der Waals surface area (Å²) in [4.78, 5) is 10.4. The van der Waals surface area contributed by atoms with Gasteiger partial charge in [-0.2, -0.15) is 0 Å². The third kappa shape index (κ3) is 4.41. The SMILES string of the molecule is CC(C)(C)OCCOc1c(F)cc(C=O)cc1F. The average Bonchev–Trinajstić information content (AvgIpc) is 2.25. The number of hydrogen-bond acceptors (Lipinski definition) is 3. The maximum Gasteiger partial charge on any atom is 0.190 e. The Bertz CT molecular complexity index is 402. The lowest BCUT2D eigenvalue weighted by Crippen LogP contribution is -2.22. The molecule has 0 heterocycles. The summed E-state index contributed by atoms with van der Waals surface area (Å²) in [6, 6.07) is 1.85. The molecule has 3 nitrogen and oxygen atoms in total. The summed E-state index contributed by atoms with van der Waals surface area (Å²) < 4.78 is 37.1. The zero-order valence-electron chi connectivity index (χ0n) is 10.6. The molecule has 1 rings (SSSR count). The van der Waals surface area contributed by atoms with Gasteiger partial charge in [-0.25, -0.2) is 8.78 Å². The zero-order chi connectivity index (χ0) is 13.8. The van der Waals surface area contributed by atoms with Gasteiger partial charge in [-0.15, -0.1) is 0 Å². The van der Waals surface area contributed by atoms with Crippen molar-refractivity contribution < 1.29 is 23.0 Å². The van der Waals surface area contributed by atoms with Gasteiger partial charge in [0.05, 0.1) is 12.2 Å². The minimum absolute atomic E-state index is 0.0333. The normalized spacial score (nSPS) is 11.4. The first kappa shape index (κ1) is 14.6. The summed E-state index contributed by atoms with van der Waals surface area (Å²) in [5, 5.41) is 0. The predicted molar refractivity (Wildman–Crippen MR) is 62.9 cm³/mol. The molecule has 0 aliphatic rings. The Kier molecular flexibility index (Phi) is 4.78. The van der Waals surface area contributed by atoms with Crippen molar-refractivity contribution in [1.82, 2.24) is 0 Å². The Hall–Kier alpha value is -1.49. The fraction of sp³-hybridized carbons (Fsp3) is 0.462. The lowest BCUT2D eigenvalue weighted by Gasteiger charge is -2.19. The molecule has 1 aromatic carbocycles. The van der Waals surface area contributed by atoms with Crippen LogP contribution in [0, 0.1) is 11.6 Å². The van der Waals surface area contributed by atoms with Gasteiger partial charge in [-0.05, 0) is 32.9 Å². The van der Waals surface area contributed by atoms with Crippen LogP contribution in [0.2, 0.25) is 0 Å². The van der Waals surface area contributed by atoms with Crippen molar-refractivity contribution in [3.05, 3.63) is 29.3 Å². The third-order valence-corrected chi connectivity index (χ3v) is 2.02. The number of aldehydes is 1. The molecule has 0 atom stereocenters. The van der Waals surface area contributed by atoms with Crippen LogP contribution in [0.1, 0.15) is 31.1 Å². The first-order chi connectivity index (χ1) is 8.33. The van der Waals surface area contributed by atoms with Gasteiger partial charge in [0, 0.05) is 5.56 Å². The number of halogens is 2. The van der Waals surface area contributed by atoms with Crippen LogP contribution in [0.5, 0.6) is 5.75 Å². The van der Waals surface area contributed by atoms with E-state index in [1.165, 1.54) is 0 Å². The summed E-state index contributed by atoms with van der Waals surface area (Å²) in [7, 11) is 0. The fourth-order valence-corrected chi connectivity index (χ4v) is 1.28. The van der Waals surface area contributed by atoms with E-state index in [-0.39, 0.29) is 24.4 Å². The first-order valence-corrected chi connectivity index (χ1v) is 5.54. The summed E-state index contributed by atoms with van der Waals surface area (Å²) >= 11 is 0. The number of carbonyl (C=O) groups excluding carboxylic acids is 1. The van der Waals surface area contributed by atoms with E-state index in [0.29, 0.717) is 6.29 Å². The zero-order valence-corrected chi connectivity index (χ0v) is 10.6. The van der Waals surface area contributed by atoms with E-state index in [1.54, 1.807) is 0 Å². The van der Waals surface area contributed by atoms with Gasteiger partial charge in [0.1, 0.15) is 12.9 Å². The summed E-state index contributed by atoms with van der Waals surface area (Å²) in [6.45, 7) is 5.86. The highest BCUT2D eigenvalue weighted by Crippen LogP contribution is 2.22. The van der Waals surface area contributed by atoms with E-state index in [0.717, 1.165) is 12.1 Å². The highest BCUT2D eigenvalue weighted by molar-refractivity contribution is 5.75. The van der Waals surface area contributed by atoms with Gasteiger partial charge in [-0.3, -0.25) is 4.79 Å². The highest BCUT2D eigenvalue weighted by atomic mass is 19.1. The molecule has 0 bridgehead atoms. The molecule has 0 saturated carbocycles. The van der Waals surface area contributed by atoms with Crippen molar-refractivity contribution in [3.8, 4) is 5.75 Å². The third-order valence-electron chi connectivity index (χ3n) is 2.02. The number of rotatable bonds is 5. The Morgan fingerprint density at radius 2 is 1.72 bits per heavy atom. The molecule has 0 unspecified atom stereocenters. The van der Waals surface area contributed by atoms with Crippen molar-refractivity contribution in [3.63, 3.8) is 0 Å². The Labute approximate surface area is 105 Å². The summed E-state index contributed by atoms with van der Waals surface area (Å²) in [5.74, 6) is -2.28. The van der Waals surface area contributed by atoms with Crippen molar-refractivity contribution in [2.24, 2.45) is 0 Å². The minimum atomic E-state index is -0.896. The van der Waals surface area contributed by atoms with Gasteiger partial charge in [0.2, 0.25) is 0 Å². The Balaban J connectivity index is 2.60. The van der Waals surface area contributed by atoms with E-state index in [2.05, 4.69) is 0 Å². The van der Waals surface area contributed by atoms with Crippen LogP contribution in [0.3, 0.4) is 0 Å². The fourth-order valence-electron chi connectivity index (χ4n) is 1.28. The molecule has 0 aliphatic heterocycles. The van der Waals surface area contributed by atoms with Crippen LogP contribution in [0.15, 0.2) is 12.1 Å². The van der Waals surface area contributed by atoms with Gasteiger partial charge < -0.3 is 9.47 Å². The van der Waals surface area contributed by atoms with Gasteiger partial charge in [0.15, 0.2) is 17.4 Å². The predicted octanol–water partition coefficient (Wildman–Crippen LogP) is 2.97. The molecule has 0 radical (unpaired) electrons. The van der Waals surface area contributed by atoms with Crippen LogP contribution < -0.4 is 4.74 Å². The highest BCUT2D eigenvalue weighted by Gasteiger charge is 2.14. The lowest BCUT2D eigenvalue weighted by atomic mass is 10.2. The summed E-state index contributed by atoms with van der Waals surface area (Å²) in [5.41, 5.74) is -0.398. The molecule has 0 spiro atoms. The molecule has 5 heteroatoms. The van der Waals surface area contributed by atoms with Crippen molar-refractivity contribution >= 4 is 6.29 Å². The van der Waals surface area contributed by atoms with E-state index in [9.17, 15) is 13.6 Å². The van der Waals surface area contributed by atoms with E-state index in [4.69, 9.17) is 9.47 Å². The molecule has 0 fully saturated rings. The van der Waals surface area contributed by atoms with Gasteiger partial charge in [0.25, 0.3) is 0 Å². The molecule has 0 aliphatic carbocycles. The van der Waals surface area contributed by atoms with E-state index >= 15 is 0 Å². The van der Waals surface area contributed by atoms with Crippen LogP contribution in [0.4, 0.5) is 8.78 Å². The largest absolute Gasteiger partial charge is 0.485 e. The molecule has 0 amide bonds. The van der Waals surface area contributed by atoms with Crippen LogP contribution >= 0.6 is 0 Å². The molecule has 0 N–H and O–H groups in total. The molecule has 1 aromatic rings. The quantitative estimate of drug-likeness (QED) is 0.601. The molecular formula is C13H16F2O3. The molecular weight excluding hydrogens is 242 g/mol. The summed E-state index contributed by atoms with van der Waals surface area (Å²) in [6.07, 6.45) is 0.374. The van der Waals surface area contributed by atoms with Crippen molar-refractivity contribution in [1.29, 1.82) is 0 Å². The monoisotopic (exact) mass is 258 g/mol. The maximum atomic E-state index is 13.4. The number of ether oxygens (including phenoxy) is 2. The van der Waals surface area contributed by atoms with Crippen LogP contribution in [-0.2, 0) is 4.74 Å². The van der Waals surface area contributed by atoms with Crippen LogP contribution in [-0.4, -0.2) is 25.1 Å². The van der Waals surface area contributed by atoms with Gasteiger partial charge in [-0.1, -0.05) is 0 Å². The standard InChI is InChI=1S/C13H16F2O3/c1-13(2,3)18-5-4-17-12-10(14)6-9(8-16)7-11(12)15/h6-8H,4-5H2,1-3H3. The first-order valence-electron chi connectivity index (χ1n) is 5.54.